The smallest absolute Gasteiger partial charge is 0.277 e. The highest BCUT2D eigenvalue weighted by Crippen LogP contribution is 2.38. The van der Waals surface area contributed by atoms with E-state index in [0.717, 1.165) is 16.8 Å². The first-order valence-electron chi connectivity index (χ1n) is 10.5. The molecule has 0 saturated heterocycles. The molecule has 1 N–H and O–H groups in total. The molecule has 2 heterocycles. The highest BCUT2D eigenvalue weighted by molar-refractivity contribution is 8.00. The van der Waals surface area contributed by atoms with Crippen LogP contribution in [0.4, 0.5) is 5.69 Å². The number of hydrogen-bond acceptors (Lipinski definition) is 7. The summed E-state index contributed by atoms with van der Waals surface area (Å²) in [6.45, 7) is 2.26. The van der Waals surface area contributed by atoms with Gasteiger partial charge in [0, 0.05) is 5.69 Å². The SMILES string of the molecule is Cc1ccc(NC(=O)[C@H](Sc2nnc([C@H]3COc4ccccc4O3)o2)c2ccccc2)cc1. The molecule has 0 unspecified atom stereocenters. The first-order valence-corrected chi connectivity index (χ1v) is 11.3. The van der Waals surface area contributed by atoms with Crippen molar-refractivity contribution < 1.29 is 18.7 Å². The minimum Gasteiger partial charge on any atom is -0.485 e. The molecule has 0 saturated carbocycles. The van der Waals surface area contributed by atoms with Crippen LogP contribution in [0.2, 0.25) is 0 Å². The Bertz CT molecular complexity index is 1240. The van der Waals surface area contributed by atoms with Gasteiger partial charge in [0.15, 0.2) is 11.5 Å². The van der Waals surface area contributed by atoms with Crippen molar-refractivity contribution in [2.75, 3.05) is 11.9 Å². The number of anilines is 1. The van der Waals surface area contributed by atoms with E-state index >= 15 is 0 Å². The molecule has 8 heteroatoms. The van der Waals surface area contributed by atoms with Gasteiger partial charge in [-0.2, -0.15) is 0 Å². The van der Waals surface area contributed by atoms with Crippen LogP contribution in [0.5, 0.6) is 11.5 Å². The number of nitrogens with one attached hydrogen (secondary N) is 1. The molecule has 1 aliphatic heterocycles. The molecular formula is C25H21N3O4S. The van der Waals surface area contributed by atoms with Crippen LogP contribution in [0.3, 0.4) is 0 Å². The van der Waals surface area contributed by atoms with Gasteiger partial charge in [-0.3, -0.25) is 4.79 Å². The van der Waals surface area contributed by atoms with Crippen LogP contribution in [0.15, 0.2) is 88.5 Å². The van der Waals surface area contributed by atoms with Gasteiger partial charge in [0.1, 0.15) is 11.9 Å². The quantitative estimate of drug-likeness (QED) is 0.388. The third kappa shape index (κ3) is 4.85. The van der Waals surface area contributed by atoms with E-state index in [0.29, 0.717) is 17.4 Å². The van der Waals surface area contributed by atoms with Crippen molar-refractivity contribution in [2.45, 2.75) is 23.5 Å². The number of carbonyl (C=O) groups excluding carboxylic acids is 1. The molecule has 1 aromatic heterocycles. The Balaban J connectivity index is 1.34. The van der Waals surface area contributed by atoms with Gasteiger partial charge < -0.3 is 19.2 Å². The minimum absolute atomic E-state index is 0.180. The molecule has 2 atom stereocenters. The number of rotatable bonds is 6. The van der Waals surface area contributed by atoms with Crippen molar-refractivity contribution in [3.8, 4) is 11.5 Å². The molecule has 0 spiro atoms. The average molecular weight is 460 g/mol. The number of para-hydroxylation sites is 2. The maximum absolute atomic E-state index is 13.2. The fourth-order valence-electron chi connectivity index (χ4n) is 3.39. The van der Waals surface area contributed by atoms with Gasteiger partial charge in [0.2, 0.25) is 12.0 Å². The number of aryl methyl sites for hydroxylation is 1. The lowest BCUT2D eigenvalue weighted by Crippen LogP contribution is -2.21. The summed E-state index contributed by atoms with van der Waals surface area (Å²) < 4.78 is 17.5. The Morgan fingerprint density at radius 3 is 2.48 bits per heavy atom. The second-order valence-corrected chi connectivity index (χ2v) is 8.59. The van der Waals surface area contributed by atoms with E-state index in [1.54, 1.807) is 0 Å². The molecule has 0 radical (unpaired) electrons. The van der Waals surface area contributed by atoms with Gasteiger partial charge in [-0.15, -0.1) is 10.2 Å². The highest BCUT2D eigenvalue weighted by Gasteiger charge is 2.29. The number of amides is 1. The predicted octanol–water partition coefficient (Wildman–Crippen LogP) is 5.36. The van der Waals surface area contributed by atoms with Crippen LogP contribution in [0, 0.1) is 6.92 Å². The number of carbonyl (C=O) groups is 1. The lowest BCUT2D eigenvalue weighted by atomic mass is 10.1. The number of aromatic nitrogens is 2. The van der Waals surface area contributed by atoms with Crippen molar-refractivity contribution >= 4 is 23.4 Å². The predicted molar refractivity (Wildman–Crippen MR) is 124 cm³/mol. The Morgan fingerprint density at radius 2 is 1.70 bits per heavy atom. The van der Waals surface area contributed by atoms with Crippen molar-refractivity contribution in [2.24, 2.45) is 0 Å². The van der Waals surface area contributed by atoms with Crippen LogP contribution < -0.4 is 14.8 Å². The van der Waals surface area contributed by atoms with Crippen molar-refractivity contribution in [1.82, 2.24) is 10.2 Å². The Kier molecular flexibility index (Phi) is 5.99. The minimum atomic E-state index is -0.579. The largest absolute Gasteiger partial charge is 0.485 e. The fourth-order valence-corrected chi connectivity index (χ4v) is 4.27. The Hall–Kier alpha value is -3.78. The number of hydrogen-bond donors (Lipinski definition) is 1. The monoisotopic (exact) mass is 459 g/mol. The molecule has 166 valence electrons. The summed E-state index contributed by atoms with van der Waals surface area (Å²) in [6.07, 6.45) is -0.515. The standard InChI is InChI=1S/C25H21N3O4S/c1-16-11-13-18(14-12-16)26-23(29)22(17-7-3-2-4-8-17)33-25-28-27-24(32-25)21-15-30-19-9-5-6-10-20(19)31-21/h2-14,21-22H,15H2,1H3,(H,26,29)/t21-,22-/m1/s1. The van der Waals surface area contributed by atoms with Crippen molar-refractivity contribution in [1.29, 1.82) is 0 Å². The van der Waals surface area contributed by atoms with Crippen LogP contribution >= 0.6 is 11.8 Å². The normalized spacial score (nSPS) is 15.6. The van der Waals surface area contributed by atoms with Gasteiger partial charge in [0.05, 0.1) is 0 Å². The second kappa shape index (κ2) is 9.38. The first kappa shape index (κ1) is 21.1. The van der Waals surface area contributed by atoms with E-state index in [4.69, 9.17) is 13.9 Å². The van der Waals surface area contributed by atoms with Crippen molar-refractivity contribution in [3.63, 3.8) is 0 Å². The number of ether oxygens (including phenoxy) is 2. The molecule has 5 rings (SSSR count). The summed E-state index contributed by atoms with van der Waals surface area (Å²) in [7, 11) is 0. The van der Waals surface area contributed by atoms with Crippen LogP contribution in [-0.2, 0) is 4.79 Å². The van der Waals surface area contributed by atoms with E-state index < -0.39 is 11.4 Å². The fraction of sp³-hybridized carbons (Fsp3) is 0.160. The van der Waals surface area contributed by atoms with Gasteiger partial charge in [-0.1, -0.05) is 60.2 Å². The van der Waals surface area contributed by atoms with Gasteiger partial charge >= 0.3 is 0 Å². The summed E-state index contributed by atoms with van der Waals surface area (Å²) in [4.78, 5) is 13.2. The highest BCUT2D eigenvalue weighted by atomic mass is 32.2. The molecule has 1 aliphatic rings. The van der Waals surface area contributed by atoms with Gasteiger partial charge in [-0.05, 0) is 48.5 Å². The third-order valence-corrected chi connectivity index (χ3v) is 6.17. The molecule has 4 aromatic rings. The Morgan fingerprint density at radius 1 is 0.970 bits per heavy atom. The molecule has 7 nitrogen and oxygen atoms in total. The lowest BCUT2D eigenvalue weighted by Gasteiger charge is -2.23. The van der Waals surface area contributed by atoms with Crippen molar-refractivity contribution in [3.05, 3.63) is 95.9 Å². The number of benzene rings is 3. The summed E-state index contributed by atoms with van der Waals surface area (Å²) >= 11 is 1.19. The molecule has 0 aliphatic carbocycles. The molecular weight excluding hydrogens is 438 g/mol. The summed E-state index contributed by atoms with van der Waals surface area (Å²) in [5.41, 5.74) is 2.68. The molecule has 0 bridgehead atoms. The summed E-state index contributed by atoms with van der Waals surface area (Å²) in [6, 6.07) is 24.6. The topological polar surface area (TPSA) is 86.5 Å². The second-order valence-electron chi connectivity index (χ2n) is 7.53. The summed E-state index contributed by atoms with van der Waals surface area (Å²) in [5, 5.41) is 11.0. The van der Waals surface area contributed by atoms with Gasteiger partial charge in [0.25, 0.3) is 11.1 Å². The maximum Gasteiger partial charge on any atom is 0.277 e. The summed E-state index contributed by atoms with van der Waals surface area (Å²) in [5.74, 6) is 1.43. The van der Waals surface area contributed by atoms with E-state index in [2.05, 4.69) is 15.5 Å². The zero-order chi connectivity index (χ0) is 22.6. The average Bonchev–Trinajstić information content (AvgIpc) is 3.33. The molecule has 3 aromatic carbocycles. The van der Waals surface area contributed by atoms with Crippen LogP contribution in [0.25, 0.3) is 0 Å². The maximum atomic E-state index is 13.2. The van der Waals surface area contributed by atoms with Gasteiger partial charge in [-0.25, -0.2) is 0 Å². The van der Waals surface area contributed by atoms with Crippen LogP contribution in [0.1, 0.15) is 28.4 Å². The molecule has 0 fully saturated rings. The molecule has 1 amide bonds. The number of thioether (sulfide) groups is 1. The van der Waals surface area contributed by atoms with E-state index in [-0.39, 0.29) is 17.7 Å². The lowest BCUT2D eigenvalue weighted by molar-refractivity contribution is -0.115. The van der Waals surface area contributed by atoms with E-state index in [1.807, 2.05) is 85.8 Å². The molecule has 33 heavy (non-hydrogen) atoms. The number of fused-ring (bicyclic) bond motifs is 1. The first-order chi connectivity index (χ1) is 16.2. The zero-order valence-electron chi connectivity index (χ0n) is 17.8. The number of nitrogens with zero attached hydrogens (tertiary/aromatic N) is 2. The van der Waals surface area contributed by atoms with E-state index in [9.17, 15) is 4.79 Å². The third-order valence-electron chi connectivity index (χ3n) is 5.08. The van der Waals surface area contributed by atoms with Crippen LogP contribution in [-0.4, -0.2) is 22.7 Å². The Labute approximate surface area is 195 Å². The van der Waals surface area contributed by atoms with E-state index in [1.165, 1.54) is 11.8 Å². The zero-order valence-corrected chi connectivity index (χ0v) is 18.6.